The Morgan fingerprint density at radius 2 is 1.38 bits per heavy atom. The van der Waals surface area contributed by atoms with E-state index in [4.69, 9.17) is 18.5 Å². The predicted molar refractivity (Wildman–Crippen MR) is 95.1 cm³/mol. The summed E-state index contributed by atoms with van der Waals surface area (Å²) >= 11 is 0. The molecule has 0 bridgehead atoms. The van der Waals surface area contributed by atoms with Crippen LogP contribution in [0.5, 0.6) is 0 Å². The molecule has 10 heteroatoms. The Hall–Kier alpha value is -1.44. The lowest BCUT2D eigenvalue weighted by Gasteiger charge is -2.25. The van der Waals surface area contributed by atoms with E-state index in [1.807, 2.05) is 0 Å². The minimum absolute atomic E-state index is 0.442. The molecule has 0 radical (unpaired) electrons. The second kappa shape index (κ2) is 9.48. The molecule has 152 valence electrons. The topological polar surface area (TPSA) is 117 Å². The van der Waals surface area contributed by atoms with E-state index >= 15 is 0 Å². The van der Waals surface area contributed by atoms with Gasteiger partial charge < -0.3 is 23.8 Å². The van der Waals surface area contributed by atoms with Crippen molar-refractivity contribution in [3.63, 3.8) is 0 Å². The van der Waals surface area contributed by atoms with Gasteiger partial charge in [0.25, 0.3) is 0 Å². The first-order valence-corrected chi connectivity index (χ1v) is 9.78. The lowest BCUT2D eigenvalue weighted by molar-refractivity contribution is -0.156. The molecule has 9 nitrogen and oxygen atoms in total. The number of carbonyl (C=O) groups excluding carboxylic acids is 3. The predicted octanol–water partition coefficient (Wildman–Crippen LogP) is 2.67. The van der Waals surface area contributed by atoms with Gasteiger partial charge in [0.15, 0.2) is 5.78 Å². The number of carbonyl (C=O) groups is 3. The minimum Gasteiger partial charge on any atom is -0.460 e. The van der Waals surface area contributed by atoms with Crippen LogP contribution in [-0.2, 0) is 32.7 Å². The molecule has 0 aliphatic heterocycles. The third-order valence-electron chi connectivity index (χ3n) is 2.78. The first kappa shape index (κ1) is 24.6. The second-order valence-electron chi connectivity index (χ2n) is 7.59. The molecule has 0 saturated heterocycles. The molecule has 26 heavy (non-hydrogen) atoms. The highest BCUT2D eigenvalue weighted by molar-refractivity contribution is 7.54. The summed E-state index contributed by atoms with van der Waals surface area (Å²) in [7, 11) is -1.37. The van der Waals surface area contributed by atoms with Crippen LogP contribution in [0.1, 0.15) is 48.0 Å². The zero-order valence-electron chi connectivity index (χ0n) is 16.7. The van der Waals surface area contributed by atoms with Crippen LogP contribution in [0.2, 0.25) is 0 Å². The Labute approximate surface area is 154 Å². The van der Waals surface area contributed by atoms with Gasteiger partial charge in [0.2, 0.25) is 0 Å². The molecule has 0 heterocycles. The molecule has 0 aromatic rings. The summed E-state index contributed by atoms with van der Waals surface area (Å²) in [5, 5.41) is 2.32. The van der Waals surface area contributed by atoms with E-state index in [1.54, 1.807) is 41.5 Å². The largest absolute Gasteiger partial charge is 0.460 e. The standard InChI is InChI=1S/C16H30NO8P/c1-15(2,3)24-13(19)9-11(17-14(20)25-16(4,5)6)12(18)10-26(21,22-7)23-8/h11H,9-10H2,1-8H3,(H,17,20)/t11-/m0/s1. The second-order valence-corrected chi connectivity index (χ2v) is 9.86. The van der Waals surface area contributed by atoms with Crippen molar-refractivity contribution in [1.29, 1.82) is 0 Å². The van der Waals surface area contributed by atoms with E-state index in [-0.39, 0.29) is 0 Å². The van der Waals surface area contributed by atoms with Gasteiger partial charge in [-0.15, -0.1) is 0 Å². The van der Waals surface area contributed by atoms with Gasteiger partial charge in [-0.1, -0.05) is 0 Å². The van der Waals surface area contributed by atoms with Gasteiger partial charge in [-0.25, -0.2) is 4.79 Å². The van der Waals surface area contributed by atoms with Crippen LogP contribution in [0.15, 0.2) is 0 Å². The fourth-order valence-corrected chi connectivity index (χ4v) is 2.76. The summed E-state index contributed by atoms with van der Waals surface area (Å²) in [5.74, 6) is -1.40. The molecule has 0 aliphatic rings. The molecular weight excluding hydrogens is 365 g/mol. The lowest BCUT2D eigenvalue weighted by atomic mass is 10.1. The Morgan fingerprint density at radius 1 is 0.923 bits per heavy atom. The summed E-state index contributed by atoms with van der Waals surface area (Å²) in [6, 6.07) is -1.29. The number of ketones is 1. The Morgan fingerprint density at radius 3 is 1.77 bits per heavy atom. The van der Waals surface area contributed by atoms with Crippen molar-refractivity contribution in [3.05, 3.63) is 0 Å². The molecule has 0 fully saturated rings. The number of alkyl carbamates (subject to hydrolysis) is 1. The van der Waals surface area contributed by atoms with E-state index in [9.17, 15) is 18.9 Å². The molecule has 0 rings (SSSR count). The van der Waals surface area contributed by atoms with Crippen LogP contribution < -0.4 is 5.32 Å². The number of ether oxygens (including phenoxy) is 2. The van der Waals surface area contributed by atoms with Gasteiger partial charge in [0.1, 0.15) is 23.4 Å². The summed E-state index contributed by atoms with van der Waals surface area (Å²) in [6.07, 6.45) is -1.93. The fourth-order valence-electron chi connectivity index (χ4n) is 1.75. The third-order valence-corrected chi connectivity index (χ3v) is 4.59. The number of hydrogen-bond donors (Lipinski definition) is 1. The van der Waals surface area contributed by atoms with Crippen LogP contribution in [-0.4, -0.2) is 55.5 Å². The third kappa shape index (κ3) is 10.5. The van der Waals surface area contributed by atoms with E-state index in [2.05, 4.69) is 5.32 Å². The maximum atomic E-state index is 12.5. The highest BCUT2D eigenvalue weighted by Gasteiger charge is 2.34. The first-order valence-electron chi connectivity index (χ1n) is 8.05. The van der Waals surface area contributed by atoms with E-state index in [0.717, 1.165) is 14.2 Å². The number of esters is 1. The minimum atomic E-state index is -3.65. The molecule has 0 aromatic heterocycles. The molecule has 0 saturated carbocycles. The summed E-state index contributed by atoms with van der Waals surface area (Å²) in [6.45, 7) is 9.98. The lowest BCUT2D eigenvalue weighted by Crippen LogP contribution is -2.46. The van der Waals surface area contributed by atoms with Crippen molar-refractivity contribution in [1.82, 2.24) is 5.32 Å². The molecule has 0 aliphatic carbocycles. The number of hydrogen-bond acceptors (Lipinski definition) is 8. The average molecular weight is 395 g/mol. The smallest absolute Gasteiger partial charge is 0.408 e. The van der Waals surface area contributed by atoms with Gasteiger partial charge in [0.05, 0.1) is 6.42 Å². The molecule has 1 amide bonds. The Balaban J connectivity index is 5.26. The van der Waals surface area contributed by atoms with Crippen molar-refractivity contribution in [2.24, 2.45) is 0 Å². The van der Waals surface area contributed by atoms with Crippen LogP contribution in [0.4, 0.5) is 4.79 Å². The van der Waals surface area contributed by atoms with E-state index in [0.29, 0.717) is 0 Å². The molecule has 1 N–H and O–H groups in total. The van der Waals surface area contributed by atoms with Crippen LogP contribution in [0.3, 0.4) is 0 Å². The zero-order valence-corrected chi connectivity index (χ0v) is 17.6. The van der Waals surface area contributed by atoms with E-state index in [1.165, 1.54) is 0 Å². The summed E-state index contributed by atoms with van der Waals surface area (Å²) < 4.78 is 31.9. The summed E-state index contributed by atoms with van der Waals surface area (Å²) in [5.41, 5.74) is -1.55. The maximum absolute atomic E-state index is 12.5. The normalized spacial score (nSPS) is 13.7. The average Bonchev–Trinajstić information content (AvgIpc) is 2.42. The van der Waals surface area contributed by atoms with Gasteiger partial charge in [-0.05, 0) is 41.5 Å². The number of nitrogens with one attached hydrogen (secondary N) is 1. The number of Topliss-reactive ketones (excluding diaryl/α,β-unsaturated/α-hetero) is 1. The van der Waals surface area contributed by atoms with Gasteiger partial charge >= 0.3 is 19.7 Å². The number of amides is 1. The van der Waals surface area contributed by atoms with Crippen molar-refractivity contribution < 1.29 is 37.5 Å². The van der Waals surface area contributed by atoms with E-state index < -0.39 is 55.3 Å². The van der Waals surface area contributed by atoms with Crippen LogP contribution >= 0.6 is 7.60 Å². The zero-order chi connectivity index (χ0) is 20.8. The SMILES string of the molecule is COP(=O)(CC(=O)[C@H](CC(=O)OC(C)(C)C)NC(=O)OC(C)(C)C)OC. The quantitative estimate of drug-likeness (QED) is 0.492. The molecule has 0 spiro atoms. The Kier molecular flexibility index (Phi) is 8.96. The maximum Gasteiger partial charge on any atom is 0.408 e. The van der Waals surface area contributed by atoms with Gasteiger partial charge in [0, 0.05) is 14.2 Å². The van der Waals surface area contributed by atoms with Gasteiger partial charge in [-0.3, -0.25) is 14.2 Å². The van der Waals surface area contributed by atoms with Crippen LogP contribution in [0, 0.1) is 0 Å². The van der Waals surface area contributed by atoms with Crippen LogP contribution in [0.25, 0.3) is 0 Å². The Bertz CT molecular complexity index is 524. The molecule has 1 atom stereocenters. The monoisotopic (exact) mass is 395 g/mol. The first-order chi connectivity index (χ1) is 11.6. The molecule has 0 aromatic carbocycles. The molecular formula is C16H30NO8P. The molecule has 0 unspecified atom stereocenters. The summed E-state index contributed by atoms with van der Waals surface area (Å²) in [4.78, 5) is 36.5. The van der Waals surface area contributed by atoms with Crippen molar-refractivity contribution in [2.45, 2.75) is 65.2 Å². The fraction of sp³-hybridized carbons (Fsp3) is 0.812. The highest BCUT2D eigenvalue weighted by atomic mass is 31.2. The van der Waals surface area contributed by atoms with Crippen molar-refractivity contribution in [3.8, 4) is 0 Å². The van der Waals surface area contributed by atoms with Crippen molar-refractivity contribution in [2.75, 3.05) is 20.4 Å². The van der Waals surface area contributed by atoms with Gasteiger partial charge in [-0.2, -0.15) is 0 Å². The highest BCUT2D eigenvalue weighted by Crippen LogP contribution is 2.46. The van der Waals surface area contributed by atoms with Crippen molar-refractivity contribution >= 4 is 25.4 Å². The number of rotatable bonds is 8.